The van der Waals surface area contributed by atoms with Crippen LogP contribution in [0.2, 0.25) is 0 Å². The number of carbonyl (C=O) groups excluding carboxylic acids is 1. The van der Waals surface area contributed by atoms with Crippen LogP contribution in [0.25, 0.3) is 0 Å². The Morgan fingerprint density at radius 3 is 2.92 bits per heavy atom. The lowest BCUT2D eigenvalue weighted by Gasteiger charge is -2.34. The van der Waals surface area contributed by atoms with Crippen molar-refractivity contribution in [3.8, 4) is 0 Å². The van der Waals surface area contributed by atoms with E-state index in [0.29, 0.717) is 23.9 Å². The number of hydrogen-bond donors (Lipinski definition) is 2. The number of amides is 1. The Bertz CT molecular complexity index is 601. The molecule has 2 heterocycles. The fourth-order valence-corrected chi connectivity index (χ4v) is 3.46. The van der Waals surface area contributed by atoms with Gasteiger partial charge in [-0.05, 0) is 18.8 Å². The van der Waals surface area contributed by atoms with Crippen LogP contribution < -0.4 is 11.1 Å². The van der Waals surface area contributed by atoms with Crippen molar-refractivity contribution < 1.29 is 18.0 Å². The summed E-state index contributed by atoms with van der Waals surface area (Å²) < 4.78 is 37.7. The van der Waals surface area contributed by atoms with E-state index < -0.39 is 11.9 Å². The fourth-order valence-electron chi connectivity index (χ4n) is 2.72. The number of hydrogen-bond acceptors (Lipinski definition) is 4. The molecule has 1 amide bonds. The van der Waals surface area contributed by atoms with Gasteiger partial charge in [0, 0.05) is 31.9 Å². The van der Waals surface area contributed by atoms with Gasteiger partial charge in [0.1, 0.15) is 5.01 Å². The molecule has 1 aromatic heterocycles. The van der Waals surface area contributed by atoms with Gasteiger partial charge in [-0.3, -0.25) is 9.79 Å². The zero-order valence-electron chi connectivity index (χ0n) is 13.3. The standard InChI is InChI=1S/C14H20F3N5OS/c1-19-13(22-4-2-3-9(7-22)5-11(18)23)20-6-12-21-10(8-24-12)14(15,16)17/h8-9H,2-7H2,1H3,(H2,18,23)(H,19,20). The minimum atomic E-state index is -4.43. The molecule has 24 heavy (non-hydrogen) atoms. The largest absolute Gasteiger partial charge is 0.434 e. The number of primary amides is 1. The molecule has 6 nitrogen and oxygen atoms in total. The molecule has 3 N–H and O–H groups in total. The molecule has 1 fully saturated rings. The molecule has 0 bridgehead atoms. The first-order chi connectivity index (χ1) is 11.3. The van der Waals surface area contributed by atoms with E-state index >= 15 is 0 Å². The zero-order chi connectivity index (χ0) is 17.7. The summed E-state index contributed by atoms with van der Waals surface area (Å²) in [5, 5.41) is 4.38. The number of nitrogens with zero attached hydrogens (tertiary/aromatic N) is 3. The van der Waals surface area contributed by atoms with E-state index in [1.54, 1.807) is 7.05 Å². The first-order valence-corrected chi connectivity index (χ1v) is 8.43. The molecule has 1 saturated heterocycles. The number of thiazole rings is 1. The molecule has 2 rings (SSSR count). The molecule has 1 aromatic rings. The highest BCUT2D eigenvalue weighted by molar-refractivity contribution is 7.09. The van der Waals surface area contributed by atoms with E-state index in [1.807, 2.05) is 4.90 Å². The summed E-state index contributed by atoms with van der Waals surface area (Å²) in [6.07, 6.45) is -2.26. The third-order valence-electron chi connectivity index (χ3n) is 3.76. The summed E-state index contributed by atoms with van der Waals surface area (Å²) in [6.45, 7) is 1.60. The molecular weight excluding hydrogens is 343 g/mol. The van der Waals surface area contributed by atoms with Gasteiger partial charge in [-0.2, -0.15) is 13.2 Å². The van der Waals surface area contributed by atoms with Crippen LogP contribution in [0, 0.1) is 5.92 Å². The predicted molar refractivity (Wildman–Crippen MR) is 85.4 cm³/mol. The number of piperidine rings is 1. The highest BCUT2D eigenvalue weighted by Gasteiger charge is 2.33. The lowest BCUT2D eigenvalue weighted by atomic mass is 9.95. The summed E-state index contributed by atoms with van der Waals surface area (Å²) in [5.74, 6) is 0.437. The topological polar surface area (TPSA) is 83.6 Å². The van der Waals surface area contributed by atoms with Gasteiger partial charge >= 0.3 is 6.18 Å². The van der Waals surface area contributed by atoms with Crippen LogP contribution in [0.5, 0.6) is 0 Å². The van der Waals surface area contributed by atoms with Crippen molar-refractivity contribution in [2.75, 3.05) is 20.1 Å². The lowest BCUT2D eigenvalue weighted by Crippen LogP contribution is -2.46. The van der Waals surface area contributed by atoms with Crippen molar-refractivity contribution in [2.24, 2.45) is 16.6 Å². The van der Waals surface area contributed by atoms with Crippen LogP contribution >= 0.6 is 11.3 Å². The van der Waals surface area contributed by atoms with Gasteiger partial charge < -0.3 is 16.0 Å². The molecule has 134 valence electrons. The van der Waals surface area contributed by atoms with Gasteiger partial charge in [0.05, 0.1) is 6.54 Å². The highest BCUT2D eigenvalue weighted by atomic mass is 32.1. The zero-order valence-corrected chi connectivity index (χ0v) is 14.1. The van der Waals surface area contributed by atoms with Gasteiger partial charge in [-0.15, -0.1) is 11.3 Å². The summed E-state index contributed by atoms with van der Waals surface area (Å²) >= 11 is 0.956. The highest BCUT2D eigenvalue weighted by Crippen LogP contribution is 2.30. The number of nitrogens with two attached hydrogens (primary N) is 1. The van der Waals surface area contributed by atoms with E-state index in [1.165, 1.54) is 0 Å². The van der Waals surface area contributed by atoms with E-state index in [9.17, 15) is 18.0 Å². The molecule has 1 unspecified atom stereocenters. The van der Waals surface area contributed by atoms with Crippen LogP contribution in [0.4, 0.5) is 13.2 Å². The van der Waals surface area contributed by atoms with Crippen molar-refractivity contribution in [1.82, 2.24) is 15.2 Å². The second-order valence-corrected chi connectivity index (χ2v) is 6.59. The molecule has 10 heteroatoms. The second kappa shape index (κ2) is 7.82. The number of halogens is 3. The minimum absolute atomic E-state index is 0.171. The van der Waals surface area contributed by atoms with Crippen LogP contribution in [0.15, 0.2) is 10.4 Å². The van der Waals surface area contributed by atoms with Crippen molar-refractivity contribution in [1.29, 1.82) is 0 Å². The molecule has 1 atom stereocenters. The fraction of sp³-hybridized carbons (Fsp3) is 0.643. The van der Waals surface area contributed by atoms with E-state index in [-0.39, 0.29) is 18.4 Å². The number of likely N-dealkylation sites (tertiary alicyclic amines) is 1. The van der Waals surface area contributed by atoms with Gasteiger partial charge in [0.2, 0.25) is 5.91 Å². The first kappa shape index (κ1) is 18.5. The molecule has 0 saturated carbocycles. The maximum Gasteiger partial charge on any atom is 0.434 e. The summed E-state index contributed by atoms with van der Waals surface area (Å²) in [7, 11) is 1.61. The van der Waals surface area contributed by atoms with Gasteiger partial charge in [-0.1, -0.05) is 0 Å². The van der Waals surface area contributed by atoms with Crippen molar-refractivity contribution in [2.45, 2.75) is 32.0 Å². The predicted octanol–water partition coefficient (Wildman–Crippen LogP) is 1.82. The van der Waals surface area contributed by atoms with Gasteiger partial charge in [0.15, 0.2) is 11.7 Å². The monoisotopic (exact) mass is 363 g/mol. The smallest absolute Gasteiger partial charge is 0.370 e. The van der Waals surface area contributed by atoms with Crippen LogP contribution in [-0.2, 0) is 17.5 Å². The van der Waals surface area contributed by atoms with Crippen LogP contribution in [0.3, 0.4) is 0 Å². The van der Waals surface area contributed by atoms with E-state index in [4.69, 9.17) is 5.73 Å². The number of alkyl halides is 3. The first-order valence-electron chi connectivity index (χ1n) is 7.55. The summed E-state index contributed by atoms with van der Waals surface area (Å²) in [4.78, 5) is 20.8. The third-order valence-corrected chi connectivity index (χ3v) is 4.61. The van der Waals surface area contributed by atoms with Gasteiger partial charge in [-0.25, -0.2) is 4.98 Å². The van der Waals surface area contributed by atoms with Crippen molar-refractivity contribution in [3.05, 3.63) is 16.1 Å². The Labute approximate surface area is 142 Å². The molecule has 0 spiro atoms. The Hall–Kier alpha value is -1.84. The summed E-state index contributed by atoms with van der Waals surface area (Å²) in [5.41, 5.74) is 4.37. The van der Waals surface area contributed by atoms with Crippen molar-refractivity contribution >= 4 is 23.2 Å². The van der Waals surface area contributed by atoms with Crippen LogP contribution in [0.1, 0.15) is 30.0 Å². The average molecular weight is 363 g/mol. The Kier molecular flexibility index (Phi) is 6.03. The number of aromatic nitrogens is 1. The minimum Gasteiger partial charge on any atom is -0.370 e. The maximum atomic E-state index is 12.6. The Morgan fingerprint density at radius 1 is 1.58 bits per heavy atom. The Balaban J connectivity index is 1.92. The van der Waals surface area contributed by atoms with Crippen molar-refractivity contribution in [3.63, 3.8) is 0 Å². The number of aliphatic imine (C=N–C) groups is 1. The second-order valence-electron chi connectivity index (χ2n) is 5.65. The number of carbonyl (C=O) groups is 1. The third kappa shape index (κ3) is 5.08. The SMILES string of the molecule is CN=C(NCc1nc(C(F)(F)F)cs1)N1CCCC(CC(N)=O)C1. The molecule has 0 aliphatic carbocycles. The van der Waals surface area contributed by atoms with Gasteiger partial charge in [0.25, 0.3) is 0 Å². The number of rotatable bonds is 4. The normalized spacial score (nSPS) is 19.4. The molecule has 0 radical (unpaired) electrons. The molecular formula is C14H20F3N5OS. The quantitative estimate of drug-likeness (QED) is 0.631. The molecule has 1 aliphatic rings. The number of nitrogens with one attached hydrogen (secondary N) is 1. The van der Waals surface area contributed by atoms with Crippen LogP contribution in [-0.4, -0.2) is 41.9 Å². The van der Waals surface area contributed by atoms with E-state index in [0.717, 1.165) is 36.1 Å². The average Bonchev–Trinajstić information content (AvgIpc) is 2.97. The van der Waals surface area contributed by atoms with E-state index in [2.05, 4.69) is 15.3 Å². The lowest BCUT2D eigenvalue weighted by molar-refractivity contribution is -0.140. The Morgan fingerprint density at radius 2 is 2.33 bits per heavy atom. The summed E-state index contributed by atoms with van der Waals surface area (Å²) in [6, 6.07) is 0. The molecule has 0 aromatic carbocycles. The molecule has 1 aliphatic heterocycles. The maximum absolute atomic E-state index is 12.6. The number of guanidine groups is 1.